The van der Waals surface area contributed by atoms with Gasteiger partial charge in [-0.15, -0.1) is 0 Å². The van der Waals surface area contributed by atoms with E-state index in [0.29, 0.717) is 39.7 Å². The van der Waals surface area contributed by atoms with Crippen molar-refractivity contribution in [3.8, 4) is 34.3 Å². The van der Waals surface area contributed by atoms with Crippen LogP contribution in [-0.2, 0) is 0 Å². The van der Waals surface area contributed by atoms with Crippen molar-refractivity contribution in [2.45, 2.75) is 0 Å². The zero-order valence-electron chi connectivity index (χ0n) is 14.4. The summed E-state index contributed by atoms with van der Waals surface area (Å²) in [6.45, 7) is 0. The summed E-state index contributed by atoms with van der Waals surface area (Å²) < 4.78 is 27.4. The number of fused-ring (bicyclic) bond motifs is 1. The smallest absolute Gasteiger partial charge is 0.205 e. The van der Waals surface area contributed by atoms with Crippen molar-refractivity contribution in [3.05, 3.63) is 46.6 Å². The van der Waals surface area contributed by atoms with E-state index in [1.807, 2.05) is 18.2 Å². The van der Waals surface area contributed by atoms with Gasteiger partial charge in [-0.05, 0) is 12.1 Å². The molecule has 1 aromatic heterocycles. The molecule has 6 nitrogen and oxygen atoms in total. The lowest BCUT2D eigenvalue weighted by atomic mass is 10.1. The Hall–Kier alpha value is -3.15. The normalized spacial score (nSPS) is 10.6. The maximum absolute atomic E-state index is 12.7. The second-order valence-electron chi connectivity index (χ2n) is 5.19. The van der Waals surface area contributed by atoms with Crippen LogP contribution in [0.15, 0.2) is 45.6 Å². The number of rotatable bonds is 5. The van der Waals surface area contributed by atoms with Crippen molar-refractivity contribution in [2.24, 2.45) is 0 Å². The van der Waals surface area contributed by atoms with Gasteiger partial charge in [0.05, 0.1) is 34.0 Å². The van der Waals surface area contributed by atoms with Crippen LogP contribution < -0.4 is 24.4 Å². The van der Waals surface area contributed by atoms with Crippen molar-refractivity contribution in [3.63, 3.8) is 0 Å². The fraction of sp³-hybridized carbons (Fsp3) is 0.211. The Balaban J connectivity index is 2.40. The van der Waals surface area contributed by atoms with E-state index in [1.54, 1.807) is 19.2 Å². The molecule has 0 atom stereocenters. The molecule has 0 saturated carbocycles. The minimum Gasteiger partial charge on any atom is -0.496 e. The van der Waals surface area contributed by atoms with Crippen LogP contribution in [0, 0.1) is 0 Å². The highest BCUT2D eigenvalue weighted by molar-refractivity contribution is 5.92. The molecule has 0 aliphatic heterocycles. The molecule has 3 aromatic rings. The molecule has 0 aliphatic rings. The number of para-hydroxylation sites is 1. The fourth-order valence-electron chi connectivity index (χ4n) is 2.74. The van der Waals surface area contributed by atoms with Gasteiger partial charge in [-0.2, -0.15) is 0 Å². The summed E-state index contributed by atoms with van der Waals surface area (Å²) >= 11 is 0. The van der Waals surface area contributed by atoms with E-state index in [1.165, 1.54) is 27.4 Å². The second kappa shape index (κ2) is 6.76. The predicted molar refractivity (Wildman–Crippen MR) is 94.1 cm³/mol. The van der Waals surface area contributed by atoms with E-state index < -0.39 is 0 Å². The van der Waals surface area contributed by atoms with Crippen molar-refractivity contribution in [1.82, 2.24) is 0 Å². The van der Waals surface area contributed by atoms with Crippen molar-refractivity contribution in [1.29, 1.82) is 0 Å². The lowest BCUT2D eigenvalue weighted by molar-refractivity contribution is 0.348. The Morgan fingerprint density at radius 1 is 0.800 bits per heavy atom. The average Bonchev–Trinajstić information content (AvgIpc) is 2.66. The van der Waals surface area contributed by atoms with E-state index in [2.05, 4.69) is 0 Å². The third-order valence-corrected chi connectivity index (χ3v) is 3.90. The molecule has 0 fully saturated rings. The maximum Gasteiger partial charge on any atom is 0.205 e. The molecule has 0 spiro atoms. The minimum absolute atomic E-state index is 0.250. The van der Waals surface area contributed by atoms with Crippen LogP contribution in [0.2, 0.25) is 0 Å². The van der Waals surface area contributed by atoms with E-state index in [4.69, 9.17) is 23.4 Å². The van der Waals surface area contributed by atoms with E-state index in [-0.39, 0.29) is 11.0 Å². The van der Waals surface area contributed by atoms with Gasteiger partial charge in [0, 0.05) is 12.1 Å². The summed E-state index contributed by atoms with van der Waals surface area (Å²) in [7, 11) is 6.03. The van der Waals surface area contributed by atoms with Crippen LogP contribution in [0.5, 0.6) is 23.0 Å². The monoisotopic (exact) mass is 342 g/mol. The van der Waals surface area contributed by atoms with Crippen LogP contribution in [-0.4, -0.2) is 28.4 Å². The lowest BCUT2D eigenvalue weighted by Gasteiger charge is -2.14. The number of hydrogen-bond donors (Lipinski definition) is 0. The first-order valence-electron chi connectivity index (χ1n) is 7.54. The van der Waals surface area contributed by atoms with E-state index in [9.17, 15) is 4.79 Å². The highest BCUT2D eigenvalue weighted by Crippen LogP contribution is 2.42. The van der Waals surface area contributed by atoms with Crippen molar-refractivity contribution in [2.75, 3.05) is 28.4 Å². The summed E-state index contributed by atoms with van der Waals surface area (Å²) in [5, 5.41) is 0.291. The van der Waals surface area contributed by atoms with Gasteiger partial charge in [0.2, 0.25) is 5.75 Å². The number of hydrogen-bond acceptors (Lipinski definition) is 6. The molecular formula is C19H18O6. The van der Waals surface area contributed by atoms with Crippen LogP contribution >= 0.6 is 0 Å². The topological polar surface area (TPSA) is 67.1 Å². The molecule has 25 heavy (non-hydrogen) atoms. The van der Waals surface area contributed by atoms with Gasteiger partial charge in [-0.1, -0.05) is 12.1 Å². The Labute approximate surface area is 144 Å². The summed E-state index contributed by atoms with van der Waals surface area (Å²) in [6, 6.07) is 10.3. The van der Waals surface area contributed by atoms with Crippen LogP contribution in [0.4, 0.5) is 0 Å². The Bertz CT molecular complexity index is 974. The number of benzene rings is 2. The first-order chi connectivity index (χ1) is 12.1. The SMILES string of the molecule is COc1ccccc1-c1cc(=O)c2c(OC)cc(OC)c(OC)c2o1. The Morgan fingerprint density at radius 2 is 1.48 bits per heavy atom. The molecule has 0 amide bonds. The number of methoxy groups -OCH3 is 4. The zero-order chi connectivity index (χ0) is 18.0. The van der Waals surface area contributed by atoms with Gasteiger partial charge in [-0.25, -0.2) is 0 Å². The maximum atomic E-state index is 12.7. The Morgan fingerprint density at radius 3 is 2.12 bits per heavy atom. The van der Waals surface area contributed by atoms with Gasteiger partial charge < -0.3 is 23.4 Å². The van der Waals surface area contributed by atoms with Gasteiger partial charge in [0.25, 0.3) is 0 Å². The highest BCUT2D eigenvalue weighted by Gasteiger charge is 2.21. The summed E-state index contributed by atoms with van der Waals surface area (Å²) in [6.07, 6.45) is 0. The molecular weight excluding hydrogens is 324 g/mol. The zero-order valence-corrected chi connectivity index (χ0v) is 14.4. The molecule has 3 rings (SSSR count). The first kappa shape index (κ1) is 16.7. The van der Waals surface area contributed by atoms with Crippen LogP contribution in [0.1, 0.15) is 0 Å². The van der Waals surface area contributed by atoms with Crippen molar-refractivity contribution < 1.29 is 23.4 Å². The largest absolute Gasteiger partial charge is 0.496 e. The van der Waals surface area contributed by atoms with Gasteiger partial charge in [-0.3, -0.25) is 4.79 Å². The Kier molecular flexibility index (Phi) is 4.52. The summed E-state index contributed by atoms with van der Waals surface area (Å²) in [5.41, 5.74) is 0.667. The molecule has 0 bridgehead atoms. The molecule has 1 heterocycles. The third-order valence-electron chi connectivity index (χ3n) is 3.90. The van der Waals surface area contributed by atoms with E-state index in [0.717, 1.165) is 0 Å². The van der Waals surface area contributed by atoms with Crippen molar-refractivity contribution >= 4 is 11.0 Å². The second-order valence-corrected chi connectivity index (χ2v) is 5.19. The molecule has 0 radical (unpaired) electrons. The molecule has 130 valence electrons. The number of ether oxygens (including phenoxy) is 4. The molecule has 0 aliphatic carbocycles. The standard InChI is InChI=1S/C19H18O6/c1-21-13-8-6-5-7-11(13)14-9-12(20)17-15(22-2)10-16(23-3)18(24-4)19(17)25-14/h5-10H,1-4H3. The third kappa shape index (κ3) is 2.76. The first-order valence-corrected chi connectivity index (χ1v) is 7.54. The summed E-state index contributed by atoms with van der Waals surface area (Å²) in [4.78, 5) is 12.7. The fourth-order valence-corrected chi connectivity index (χ4v) is 2.74. The molecule has 2 aromatic carbocycles. The predicted octanol–water partition coefficient (Wildman–Crippen LogP) is 3.49. The van der Waals surface area contributed by atoms with Gasteiger partial charge in [0.1, 0.15) is 22.6 Å². The van der Waals surface area contributed by atoms with Crippen LogP contribution in [0.3, 0.4) is 0 Å². The average molecular weight is 342 g/mol. The van der Waals surface area contributed by atoms with E-state index >= 15 is 0 Å². The molecule has 0 saturated heterocycles. The molecule has 6 heteroatoms. The quantitative estimate of drug-likeness (QED) is 0.707. The molecule has 0 unspecified atom stereocenters. The molecule has 0 N–H and O–H groups in total. The lowest BCUT2D eigenvalue weighted by Crippen LogP contribution is -2.05. The highest BCUT2D eigenvalue weighted by atomic mass is 16.5. The summed E-state index contributed by atoms with van der Waals surface area (Å²) in [5.74, 6) is 2.05. The van der Waals surface area contributed by atoms with Gasteiger partial charge >= 0.3 is 0 Å². The van der Waals surface area contributed by atoms with Crippen LogP contribution in [0.25, 0.3) is 22.3 Å². The minimum atomic E-state index is -0.250. The van der Waals surface area contributed by atoms with Gasteiger partial charge in [0.15, 0.2) is 16.8 Å².